The summed E-state index contributed by atoms with van der Waals surface area (Å²) < 4.78 is 61.7. The highest BCUT2D eigenvalue weighted by atomic mass is 32.2. The molecule has 1 aliphatic carbocycles. The maximum absolute atomic E-state index is 13.8. The minimum atomic E-state index is -3.61. The molecule has 0 spiro atoms. The predicted molar refractivity (Wildman–Crippen MR) is 69.6 cm³/mol. The van der Waals surface area contributed by atoms with Gasteiger partial charge in [-0.3, -0.25) is 4.79 Å². The van der Waals surface area contributed by atoms with Crippen molar-refractivity contribution in [3.63, 3.8) is 0 Å². The van der Waals surface area contributed by atoms with E-state index < -0.39 is 40.1 Å². The fourth-order valence-electron chi connectivity index (χ4n) is 1.99. The minimum absolute atomic E-state index is 0.222. The number of sulfone groups is 1. The van der Waals surface area contributed by atoms with Crippen LogP contribution in [0.3, 0.4) is 0 Å². The number of hydrogen-bond donors (Lipinski definition) is 0. The molecule has 0 atom stereocenters. The number of nitrogens with zero attached hydrogens (tertiary/aromatic N) is 1. The molecule has 0 unspecified atom stereocenters. The Labute approximate surface area is 120 Å². The molecule has 0 aromatic heterocycles. The van der Waals surface area contributed by atoms with Gasteiger partial charge in [-0.25, -0.2) is 21.6 Å². The average Bonchev–Trinajstić information content (AvgIpc) is 3.18. The quantitative estimate of drug-likeness (QED) is 0.781. The zero-order valence-corrected chi connectivity index (χ0v) is 12.0. The van der Waals surface area contributed by atoms with Gasteiger partial charge in [-0.05, 0) is 31.0 Å². The van der Waals surface area contributed by atoms with Crippen LogP contribution < -0.4 is 0 Å². The van der Waals surface area contributed by atoms with Crippen LogP contribution in [0.4, 0.5) is 13.2 Å². The lowest BCUT2D eigenvalue weighted by atomic mass is 10.2. The molecular formula is C13H14F3NO3S. The number of carbonyl (C=O) groups is 1. The van der Waals surface area contributed by atoms with Gasteiger partial charge in [-0.2, -0.15) is 0 Å². The van der Waals surface area contributed by atoms with Crippen molar-refractivity contribution in [3.8, 4) is 0 Å². The summed E-state index contributed by atoms with van der Waals surface area (Å²) in [6.07, 6.45) is -0.625. The molecule has 0 aliphatic heterocycles. The van der Waals surface area contributed by atoms with Crippen LogP contribution in [-0.4, -0.2) is 44.5 Å². The van der Waals surface area contributed by atoms with E-state index in [0.29, 0.717) is 12.8 Å². The van der Waals surface area contributed by atoms with Crippen molar-refractivity contribution in [2.75, 3.05) is 12.8 Å². The van der Waals surface area contributed by atoms with E-state index >= 15 is 0 Å². The topological polar surface area (TPSA) is 54.5 Å². The van der Waals surface area contributed by atoms with Gasteiger partial charge in [0.1, 0.15) is 5.82 Å². The summed E-state index contributed by atoms with van der Waals surface area (Å²) in [6, 6.07) is 2.47. The fraction of sp³-hybridized carbons (Fsp3) is 0.462. The van der Waals surface area contributed by atoms with E-state index in [1.165, 1.54) is 0 Å². The summed E-state index contributed by atoms with van der Waals surface area (Å²) in [5, 5.41) is 0. The maximum atomic E-state index is 13.8. The third-order valence-corrected chi connectivity index (χ3v) is 4.29. The Kier molecular flexibility index (Phi) is 4.27. The summed E-state index contributed by atoms with van der Waals surface area (Å²) in [5.41, 5.74) is -0.495. The summed E-state index contributed by atoms with van der Waals surface area (Å²) >= 11 is 0. The monoisotopic (exact) mass is 321 g/mol. The number of benzene rings is 1. The lowest BCUT2D eigenvalue weighted by Gasteiger charge is -2.22. The largest absolute Gasteiger partial charge is 0.330 e. The molecule has 116 valence electrons. The van der Waals surface area contributed by atoms with Crippen molar-refractivity contribution < 1.29 is 26.4 Å². The third kappa shape index (κ3) is 3.75. The summed E-state index contributed by atoms with van der Waals surface area (Å²) in [7, 11) is -3.61. The van der Waals surface area contributed by atoms with Crippen molar-refractivity contribution in [2.24, 2.45) is 0 Å². The SMILES string of the molecule is CS(=O)(=O)c1ccc(F)c(C(=O)N(CC(F)F)C2CC2)c1. The smallest absolute Gasteiger partial charge is 0.257 e. The highest BCUT2D eigenvalue weighted by Gasteiger charge is 2.35. The molecule has 1 aromatic carbocycles. The second-order valence-corrected chi connectivity index (χ2v) is 7.01. The standard InChI is InChI=1S/C13H14F3NO3S/c1-21(19,20)9-4-5-11(14)10(6-9)13(18)17(7-12(15)16)8-2-3-8/h4-6,8,12H,2-3,7H2,1H3. The number of carbonyl (C=O) groups excluding carboxylic acids is 1. The Morgan fingerprint density at radius 2 is 2.00 bits per heavy atom. The van der Waals surface area contributed by atoms with Crippen LogP contribution in [0.1, 0.15) is 23.2 Å². The molecule has 1 amide bonds. The zero-order chi connectivity index (χ0) is 15.8. The van der Waals surface area contributed by atoms with Crippen LogP contribution in [0.2, 0.25) is 0 Å². The van der Waals surface area contributed by atoms with Crippen molar-refractivity contribution >= 4 is 15.7 Å². The molecule has 21 heavy (non-hydrogen) atoms. The number of rotatable bonds is 5. The predicted octanol–water partition coefficient (Wildman–Crippen LogP) is 2.10. The molecule has 1 saturated carbocycles. The van der Waals surface area contributed by atoms with Gasteiger partial charge < -0.3 is 4.90 Å². The van der Waals surface area contributed by atoms with E-state index in [2.05, 4.69) is 0 Å². The van der Waals surface area contributed by atoms with E-state index in [1.54, 1.807) is 0 Å². The molecule has 2 rings (SSSR count). The van der Waals surface area contributed by atoms with Crippen molar-refractivity contribution in [3.05, 3.63) is 29.6 Å². The molecule has 1 fully saturated rings. The fourth-order valence-corrected chi connectivity index (χ4v) is 2.63. The number of halogens is 3. The first-order valence-corrected chi connectivity index (χ1v) is 8.18. The van der Waals surface area contributed by atoms with Crippen molar-refractivity contribution in [1.82, 2.24) is 4.90 Å². The van der Waals surface area contributed by atoms with E-state index in [0.717, 1.165) is 29.4 Å². The Bertz CT molecular complexity index is 657. The summed E-state index contributed by atoms with van der Waals surface area (Å²) in [4.78, 5) is 12.9. The lowest BCUT2D eigenvalue weighted by Crippen LogP contribution is -2.37. The van der Waals surface area contributed by atoms with Gasteiger partial charge in [0.15, 0.2) is 9.84 Å². The Balaban J connectivity index is 2.37. The van der Waals surface area contributed by atoms with Crippen LogP contribution in [-0.2, 0) is 9.84 Å². The Hall–Kier alpha value is -1.57. The number of amides is 1. The highest BCUT2D eigenvalue weighted by molar-refractivity contribution is 7.90. The molecule has 1 aromatic rings. The van der Waals surface area contributed by atoms with Gasteiger partial charge >= 0.3 is 0 Å². The molecule has 0 radical (unpaired) electrons. The molecule has 8 heteroatoms. The van der Waals surface area contributed by atoms with Gasteiger partial charge in [0.25, 0.3) is 12.3 Å². The number of alkyl halides is 2. The minimum Gasteiger partial charge on any atom is -0.330 e. The van der Waals surface area contributed by atoms with Gasteiger partial charge in [0, 0.05) is 12.3 Å². The van der Waals surface area contributed by atoms with Crippen LogP contribution in [0.5, 0.6) is 0 Å². The zero-order valence-electron chi connectivity index (χ0n) is 11.2. The van der Waals surface area contributed by atoms with Crippen LogP contribution >= 0.6 is 0 Å². The first kappa shape index (κ1) is 15.8. The molecule has 0 saturated heterocycles. The second kappa shape index (κ2) is 5.67. The van der Waals surface area contributed by atoms with Crippen molar-refractivity contribution in [1.29, 1.82) is 0 Å². The Morgan fingerprint density at radius 3 is 2.48 bits per heavy atom. The van der Waals surface area contributed by atoms with Gasteiger partial charge in [-0.15, -0.1) is 0 Å². The third-order valence-electron chi connectivity index (χ3n) is 3.18. The molecule has 0 bridgehead atoms. The van der Waals surface area contributed by atoms with E-state index in [-0.39, 0.29) is 10.9 Å². The Morgan fingerprint density at radius 1 is 1.38 bits per heavy atom. The van der Waals surface area contributed by atoms with Gasteiger partial charge in [0.2, 0.25) is 0 Å². The summed E-state index contributed by atoms with van der Waals surface area (Å²) in [6.45, 7) is -0.786. The number of hydrogen-bond acceptors (Lipinski definition) is 3. The van der Waals surface area contributed by atoms with Crippen molar-refractivity contribution in [2.45, 2.75) is 30.2 Å². The average molecular weight is 321 g/mol. The van der Waals surface area contributed by atoms with Gasteiger partial charge in [0.05, 0.1) is 17.0 Å². The molecule has 0 N–H and O–H groups in total. The first-order valence-electron chi connectivity index (χ1n) is 6.29. The first-order chi connectivity index (χ1) is 9.70. The molecule has 0 heterocycles. The van der Waals surface area contributed by atoms with Gasteiger partial charge in [-0.1, -0.05) is 0 Å². The molecule has 4 nitrogen and oxygen atoms in total. The molecular weight excluding hydrogens is 307 g/mol. The van der Waals surface area contributed by atoms with Crippen LogP contribution in [0, 0.1) is 5.82 Å². The lowest BCUT2D eigenvalue weighted by molar-refractivity contribution is 0.0530. The normalized spacial score (nSPS) is 15.3. The van der Waals surface area contributed by atoms with Crippen LogP contribution in [0.25, 0.3) is 0 Å². The second-order valence-electron chi connectivity index (χ2n) is 4.99. The van der Waals surface area contributed by atoms with E-state index in [1.807, 2.05) is 0 Å². The maximum Gasteiger partial charge on any atom is 0.257 e. The highest BCUT2D eigenvalue weighted by Crippen LogP contribution is 2.29. The van der Waals surface area contributed by atoms with E-state index in [9.17, 15) is 26.4 Å². The summed E-state index contributed by atoms with van der Waals surface area (Å²) in [5.74, 6) is -1.83. The molecule has 1 aliphatic rings. The van der Waals surface area contributed by atoms with E-state index in [4.69, 9.17) is 0 Å². The van der Waals surface area contributed by atoms with Crippen LogP contribution in [0.15, 0.2) is 23.1 Å².